The maximum atomic E-state index is 11.5. The van der Waals surface area contributed by atoms with E-state index in [4.69, 9.17) is 16.3 Å². The molecule has 2 aromatic rings. The molecule has 0 saturated carbocycles. The van der Waals surface area contributed by atoms with Crippen LogP contribution in [0.4, 0.5) is 4.79 Å². The number of thiazole rings is 1. The van der Waals surface area contributed by atoms with Gasteiger partial charge in [-0.05, 0) is 39.0 Å². The van der Waals surface area contributed by atoms with E-state index < -0.39 is 11.7 Å². The minimum atomic E-state index is -0.495. The van der Waals surface area contributed by atoms with Gasteiger partial charge in [0.1, 0.15) is 10.6 Å². The molecule has 1 aromatic carbocycles. The molecule has 1 amide bonds. The summed E-state index contributed by atoms with van der Waals surface area (Å²) in [6.07, 6.45) is -0.440. The fraction of sp³-hybridized carbons (Fsp3) is 0.385. The molecule has 4 nitrogen and oxygen atoms in total. The lowest BCUT2D eigenvalue weighted by atomic mass is 10.2. The predicted molar refractivity (Wildman–Crippen MR) is 77.7 cm³/mol. The Bertz CT molecular complexity index is 604. The monoisotopic (exact) mass is 298 g/mol. The molecular weight excluding hydrogens is 284 g/mol. The number of hydrogen-bond acceptors (Lipinski definition) is 4. The summed E-state index contributed by atoms with van der Waals surface area (Å²) in [6.45, 7) is 5.83. The number of amides is 1. The number of fused-ring (bicyclic) bond motifs is 1. The van der Waals surface area contributed by atoms with E-state index in [1.807, 2.05) is 39.0 Å². The second kappa shape index (κ2) is 5.35. The van der Waals surface area contributed by atoms with Crippen LogP contribution in [0.2, 0.25) is 5.02 Å². The minimum absolute atomic E-state index is 0.353. The summed E-state index contributed by atoms with van der Waals surface area (Å²) in [5.41, 5.74) is 0.351. The summed E-state index contributed by atoms with van der Waals surface area (Å²) in [4.78, 5) is 15.9. The van der Waals surface area contributed by atoms with Crippen LogP contribution in [0.5, 0.6) is 0 Å². The summed E-state index contributed by atoms with van der Waals surface area (Å²) >= 11 is 7.43. The fourth-order valence-electron chi connectivity index (χ4n) is 1.49. The van der Waals surface area contributed by atoms with E-state index in [1.54, 1.807) is 0 Å². The molecule has 102 valence electrons. The first-order valence-electron chi connectivity index (χ1n) is 5.85. The van der Waals surface area contributed by atoms with Crippen molar-refractivity contribution in [1.82, 2.24) is 10.3 Å². The highest BCUT2D eigenvalue weighted by Crippen LogP contribution is 2.24. The lowest BCUT2D eigenvalue weighted by Gasteiger charge is -2.19. The van der Waals surface area contributed by atoms with E-state index in [-0.39, 0.29) is 0 Å². The molecule has 1 heterocycles. The average molecular weight is 299 g/mol. The SMILES string of the molecule is CC(C)(C)OC(=O)NCc1nc2cc(Cl)ccc2s1. The van der Waals surface area contributed by atoms with E-state index >= 15 is 0 Å². The highest BCUT2D eigenvalue weighted by molar-refractivity contribution is 7.18. The third-order valence-electron chi connectivity index (χ3n) is 2.18. The van der Waals surface area contributed by atoms with Gasteiger partial charge in [-0.15, -0.1) is 11.3 Å². The number of nitrogens with one attached hydrogen (secondary N) is 1. The van der Waals surface area contributed by atoms with Gasteiger partial charge in [-0.25, -0.2) is 9.78 Å². The lowest BCUT2D eigenvalue weighted by Crippen LogP contribution is -2.32. The number of halogens is 1. The van der Waals surface area contributed by atoms with E-state index in [0.29, 0.717) is 11.6 Å². The Morgan fingerprint density at radius 1 is 1.47 bits per heavy atom. The van der Waals surface area contributed by atoms with Crippen molar-refractivity contribution < 1.29 is 9.53 Å². The van der Waals surface area contributed by atoms with Crippen molar-refractivity contribution in [2.75, 3.05) is 0 Å². The number of carbonyl (C=O) groups is 1. The van der Waals surface area contributed by atoms with Gasteiger partial charge in [0.05, 0.1) is 16.8 Å². The standard InChI is InChI=1S/C13H15ClN2O2S/c1-13(2,3)18-12(17)15-7-11-16-9-6-8(14)4-5-10(9)19-11/h4-6H,7H2,1-3H3,(H,15,17). The van der Waals surface area contributed by atoms with Crippen molar-refractivity contribution in [2.24, 2.45) is 0 Å². The highest BCUT2D eigenvalue weighted by atomic mass is 35.5. The molecule has 0 saturated heterocycles. The number of benzene rings is 1. The van der Waals surface area contributed by atoms with Crippen molar-refractivity contribution >= 4 is 39.2 Å². The normalized spacial score (nSPS) is 11.6. The Balaban J connectivity index is 2.00. The number of ether oxygens (including phenoxy) is 1. The summed E-state index contributed by atoms with van der Waals surface area (Å²) in [6, 6.07) is 5.56. The number of rotatable bonds is 2. The third kappa shape index (κ3) is 4.08. The van der Waals surface area contributed by atoms with Crippen LogP contribution in [0.3, 0.4) is 0 Å². The van der Waals surface area contributed by atoms with Crippen LogP contribution in [0.1, 0.15) is 25.8 Å². The number of alkyl carbamates (subject to hydrolysis) is 1. The minimum Gasteiger partial charge on any atom is -0.444 e. The van der Waals surface area contributed by atoms with Crippen LogP contribution in [0.15, 0.2) is 18.2 Å². The van der Waals surface area contributed by atoms with E-state index in [1.165, 1.54) is 11.3 Å². The molecule has 0 bridgehead atoms. The van der Waals surface area contributed by atoms with Crippen LogP contribution in [-0.4, -0.2) is 16.7 Å². The topological polar surface area (TPSA) is 51.2 Å². The second-order valence-corrected chi connectivity index (χ2v) is 6.63. The van der Waals surface area contributed by atoms with Crippen LogP contribution >= 0.6 is 22.9 Å². The molecule has 6 heteroatoms. The average Bonchev–Trinajstić information content (AvgIpc) is 2.66. The van der Waals surface area contributed by atoms with Crippen molar-refractivity contribution in [1.29, 1.82) is 0 Å². The smallest absolute Gasteiger partial charge is 0.408 e. The van der Waals surface area contributed by atoms with Gasteiger partial charge in [-0.1, -0.05) is 11.6 Å². The van der Waals surface area contributed by atoms with E-state index in [0.717, 1.165) is 15.2 Å². The molecular formula is C13H15ClN2O2S. The zero-order valence-electron chi connectivity index (χ0n) is 11.0. The van der Waals surface area contributed by atoms with Gasteiger partial charge in [0, 0.05) is 5.02 Å². The first-order valence-corrected chi connectivity index (χ1v) is 7.05. The molecule has 0 spiro atoms. The zero-order valence-corrected chi connectivity index (χ0v) is 12.6. The van der Waals surface area contributed by atoms with E-state index in [2.05, 4.69) is 10.3 Å². The predicted octanol–water partition coefficient (Wildman–Crippen LogP) is 3.97. The molecule has 0 aliphatic carbocycles. The Morgan fingerprint density at radius 3 is 2.89 bits per heavy atom. The number of hydrogen-bond donors (Lipinski definition) is 1. The number of aromatic nitrogens is 1. The van der Waals surface area contributed by atoms with Crippen molar-refractivity contribution in [3.05, 3.63) is 28.2 Å². The van der Waals surface area contributed by atoms with Crippen molar-refractivity contribution in [2.45, 2.75) is 32.9 Å². The Labute approximate surface area is 120 Å². The number of carbonyl (C=O) groups excluding carboxylic acids is 1. The highest BCUT2D eigenvalue weighted by Gasteiger charge is 2.16. The number of nitrogens with zero attached hydrogens (tertiary/aromatic N) is 1. The van der Waals surface area contributed by atoms with Gasteiger partial charge in [-0.3, -0.25) is 0 Å². The molecule has 0 aliphatic rings. The molecule has 0 radical (unpaired) electrons. The maximum Gasteiger partial charge on any atom is 0.408 e. The van der Waals surface area contributed by atoms with Gasteiger partial charge in [0.15, 0.2) is 0 Å². The van der Waals surface area contributed by atoms with Gasteiger partial charge >= 0.3 is 6.09 Å². The van der Waals surface area contributed by atoms with Gasteiger partial charge in [0.2, 0.25) is 0 Å². The summed E-state index contributed by atoms with van der Waals surface area (Å²) < 4.78 is 6.20. The van der Waals surface area contributed by atoms with Gasteiger partial charge in [0.25, 0.3) is 0 Å². The largest absolute Gasteiger partial charge is 0.444 e. The van der Waals surface area contributed by atoms with Crippen molar-refractivity contribution in [3.63, 3.8) is 0 Å². The molecule has 1 aromatic heterocycles. The van der Waals surface area contributed by atoms with Gasteiger partial charge in [-0.2, -0.15) is 0 Å². The molecule has 19 heavy (non-hydrogen) atoms. The molecule has 0 unspecified atom stereocenters. The Hall–Kier alpha value is -1.33. The summed E-state index contributed by atoms with van der Waals surface area (Å²) in [5, 5.41) is 4.16. The second-order valence-electron chi connectivity index (χ2n) is 5.08. The Kier molecular flexibility index (Phi) is 3.96. The summed E-state index contributed by atoms with van der Waals surface area (Å²) in [7, 11) is 0. The molecule has 0 aliphatic heterocycles. The van der Waals surface area contributed by atoms with Crippen LogP contribution in [0.25, 0.3) is 10.2 Å². The molecule has 1 N–H and O–H groups in total. The first-order chi connectivity index (χ1) is 8.83. The third-order valence-corrected chi connectivity index (χ3v) is 3.45. The van der Waals surface area contributed by atoms with Gasteiger partial charge < -0.3 is 10.1 Å². The fourth-order valence-corrected chi connectivity index (χ4v) is 2.54. The van der Waals surface area contributed by atoms with Crippen LogP contribution in [0, 0.1) is 0 Å². The van der Waals surface area contributed by atoms with E-state index in [9.17, 15) is 4.79 Å². The summed E-state index contributed by atoms with van der Waals surface area (Å²) in [5.74, 6) is 0. The Morgan fingerprint density at radius 2 is 2.21 bits per heavy atom. The van der Waals surface area contributed by atoms with Crippen LogP contribution in [-0.2, 0) is 11.3 Å². The quantitative estimate of drug-likeness (QED) is 0.912. The molecule has 2 rings (SSSR count). The van der Waals surface area contributed by atoms with Crippen LogP contribution < -0.4 is 5.32 Å². The first kappa shape index (κ1) is 14.1. The molecule has 0 atom stereocenters. The molecule has 0 fully saturated rings. The maximum absolute atomic E-state index is 11.5. The lowest BCUT2D eigenvalue weighted by molar-refractivity contribution is 0.0523. The zero-order chi connectivity index (χ0) is 14.0. The van der Waals surface area contributed by atoms with Crippen molar-refractivity contribution in [3.8, 4) is 0 Å².